The van der Waals surface area contributed by atoms with E-state index in [1.54, 1.807) is 39.0 Å². The van der Waals surface area contributed by atoms with E-state index in [-0.39, 0.29) is 12.1 Å². The third-order valence-electron chi connectivity index (χ3n) is 2.37. The molecule has 0 aliphatic carbocycles. The molecule has 0 amide bonds. The molecule has 1 aromatic heterocycles. The molecule has 0 aliphatic rings. The van der Waals surface area contributed by atoms with Crippen molar-refractivity contribution in [2.75, 3.05) is 0 Å². The van der Waals surface area contributed by atoms with Crippen LogP contribution in [0.1, 0.15) is 39.3 Å². The average Bonchev–Trinajstić information content (AvgIpc) is 2.31. The fraction of sp³-hybridized carbons (Fsp3) is 0.538. The quantitative estimate of drug-likeness (QED) is 0.437. The van der Waals surface area contributed by atoms with E-state index < -0.39 is 28.7 Å². The summed E-state index contributed by atoms with van der Waals surface area (Å²) in [5.41, 5.74) is 0.396. The van der Waals surface area contributed by atoms with Crippen molar-refractivity contribution in [3.05, 3.63) is 28.5 Å². The van der Waals surface area contributed by atoms with Crippen molar-refractivity contribution in [2.45, 2.75) is 44.5 Å². The van der Waals surface area contributed by atoms with Crippen LogP contribution < -0.4 is 0 Å². The molecule has 0 aliphatic heterocycles. The summed E-state index contributed by atoms with van der Waals surface area (Å²) < 4.78 is 53.1. The summed E-state index contributed by atoms with van der Waals surface area (Å²) >= 11 is 1.53. The predicted molar refractivity (Wildman–Crippen MR) is 81.7 cm³/mol. The van der Waals surface area contributed by atoms with Crippen LogP contribution in [0, 0.1) is 0 Å². The smallest absolute Gasteiger partial charge is 0.389 e. The van der Waals surface area contributed by atoms with Crippen molar-refractivity contribution in [1.82, 2.24) is 4.98 Å². The Labute approximate surface area is 133 Å². The van der Waals surface area contributed by atoms with Crippen LogP contribution in [0.25, 0.3) is 0 Å². The second-order valence-electron chi connectivity index (χ2n) is 5.36. The Morgan fingerprint density at radius 1 is 1.33 bits per heavy atom. The van der Waals surface area contributed by atoms with Gasteiger partial charge in [-0.1, -0.05) is 10.5 Å². The molecule has 1 atom stereocenters. The molecular weight excluding hydrogens is 369 g/mol. The van der Waals surface area contributed by atoms with E-state index in [0.717, 1.165) is 0 Å². The van der Waals surface area contributed by atoms with Crippen LogP contribution in [0.4, 0.5) is 13.2 Å². The molecule has 1 unspecified atom stereocenters. The SMILES string of the molecule is CC(C)(C)[S+]([O-])/N=C(\CCC(F)(F)F)c1cccc(Br)n1. The largest absolute Gasteiger partial charge is 0.591 e. The fourth-order valence-electron chi connectivity index (χ4n) is 1.29. The van der Waals surface area contributed by atoms with Crippen LogP contribution in [0.2, 0.25) is 0 Å². The van der Waals surface area contributed by atoms with E-state index >= 15 is 0 Å². The molecule has 1 aromatic rings. The Morgan fingerprint density at radius 2 is 1.95 bits per heavy atom. The molecule has 1 heterocycles. The highest BCUT2D eigenvalue weighted by molar-refractivity contribution is 9.10. The molecule has 0 saturated carbocycles. The van der Waals surface area contributed by atoms with Crippen LogP contribution in [0.15, 0.2) is 27.2 Å². The Kier molecular flexibility index (Phi) is 6.24. The predicted octanol–water partition coefficient (Wildman–Crippen LogP) is 4.44. The van der Waals surface area contributed by atoms with Crippen molar-refractivity contribution in [1.29, 1.82) is 0 Å². The number of pyridine rings is 1. The maximum absolute atomic E-state index is 12.4. The lowest BCUT2D eigenvalue weighted by Gasteiger charge is -2.19. The Bertz CT molecular complexity index is 515. The van der Waals surface area contributed by atoms with Gasteiger partial charge >= 0.3 is 6.18 Å². The van der Waals surface area contributed by atoms with Crippen LogP contribution >= 0.6 is 15.9 Å². The zero-order valence-corrected chi connectivity index (χ0v) is 14.3. The maximum Gasteiger partial charge on any atom is 0.389 e. The van der Waals surface area contributed by atoms with Gasteiger partial charge in [0.2, 0.25) is 0 Å². The molecule has 1 rings (SSSR count). The average molecular weight is 385 g/mol. The lowest BCUT2D eigenvalue weighted by molar-refractivity contribution is -0.132. The molecular formula is C13H16BrF3N2OS. The summed E-state index contributed by atoms with van der Waals surface area (Å²) in [7, 11) is 0. The molecule has 0 bridgehead atoms. The second-order valence-corrected chi connectivity index (χ2v) is 8.08. The highest BCUT2D eigenvalue weighted by Gasteiger charge is 2.31. The highest BCUT2D eigenvalue weighted by Crippen LogP contribution is 2.25. The third-order valence-corrected chi connectivity index (χ3v) is 4.25. The first-order chi connectivity index (χ1) is 9.49. The van der Waals surface area contributed by atoms with Gasteiger partial charge in [-0.3, -0.25) is 0 Å². The van der Waals surface area contributed by atoms with E-state index in [1.807, 2.05) is 0 Å². The van der Waals surface area contributed by atoms with Crippen LogP contribution in [0.5, 0.6) is 0 Å². The summed E-state index contributed by atoms with van der Waals surface area (Å²) in [4.78, 5) is 4.09. The number of nitrogens with zero attached hydrogens (tertiary/aromatic N) is 2. The minimum absolute atomic E-state index is 0.0990. The number of hydrogen-bond acceptors (Lipinski definition) is 3. The van der Waals surface area contributed by atoms with Crippen molar-refractivity contribution in [3.8, 4) is 0 Å². The minimum Gasteiger partial charge on any atom is -0.591 e. The Hall–Kier alpha value is -0.600. The van der Waals surface area contributed by atoms with Gasteiger partial charge in [-0.05, 0) is 48.8 Å². The zero-order chi connectivity index (χ0) is 16.3. The maximum atomic E-state index is 12.4. The van der Waals surface area contributed by atoms with Crippen molar-refractivity contribution >= 4 is 33.0 Å². The lowest BCUT2D eigenvalue weighted by Crippen LogP contribution is -2.27. The first-order valence-electron chi connectivity index (χ1n) is 6.18. The standard InChI is InChI=1S/C13H16BrF3N2OS/c1-12(2,3)21(20)19-10(7-8-13(15,16)17)9-5-4-6-11(14)18-9/h4-6H,7-8H2,1-3H3/b19-10+. The molecule has 0 saturated heterocycles. The molecule has 0 N–H and O–H groups in total. The van der Waals surface area contributed by atoms with E-state index in [2.05, 4.69) is 25.3 Å². The van der Waals surface area contributed by atoms with Gasteiger partial charge in [-0.25, -0.2) is 4.98 Å². The highest BCUT2D eigenvalue weighted by atomic mass is 79.9. The molecule has 0 aromatic carbocycles. The van der Waals surface area contributed by atoms with Gasteiger partial charge in [0, 0.05) is 12.8 Å². The monoisotopic (exact) mass is 384 g/mol. The number of alkyl halides is 3. The van der Waals surface area contributed by atoms with E-state index in [9.17, 15) is 17.7 Å². The van der Waals surface area contributed by atoms with Gasteiger partial charge in [0.1, 0.15) is 26.4 Å². The molecule has 0 spiro atoms. The topological polar surface area (TPSA) is 48.3 Å². The lowest BCUT2D eigenvalue weighted by atomic mass is 10.1. The van der Waals surface area contributed by atoms with Gasteiger partial charge in [0.05, 0.1) is 5.69 Å². The number of halogens is 4. The van der Waals surface area contributed by atoms with Crippen molar-refractivity contribution in [3.63, 3.8) is 0 Å². The van der Waals surface area contributed by atoms with Crippen LogP contribution in [0.3, 0.4) is 0 Å². The van der Waals surface area contributed by atoms with Crippen LogP contribution in [-0.4, -0.2) is 26.2 Å². The Balaban J connectivity index is 3.08. The first-order valence-corrected chi connectivity index (χ1v) is 8.08. The molecule has 0 fully saturated rings. The van der Waals surface area contributed by atoms with Gasteiger partial charge in [-0.2, -0.15) is 13.2 Å². The van der Waals surface area contributed by atoms with Gasteiger partial charge in [-0.15, -0.1) is 0 Å². The van der Waals surface area contributed by atoms with Gasteiger partial charge in [0.25, 0.3) is 0 Å². The summed E-state index contributed by atoms with van der Waals surface area (Å²) in [6.07, 6.45) is -5.67. The third kappa shape index (κ3) is 6.80. The first kappa shape index (κ1) is 18.4. The molecule has 118 valence electrons. The number of rotatable bonds is 4. The molecule has 21 heavy (non-hydrogen) atoms. The van der Waals surface area contributed by atoms with Crippen molar-refractivity contribution in [2.24, 2.45) is 4.40 Å². The second kappa shape index (κ2) is 7.11. The molecule has 0 radical (unpaired) electrons. The minimum atomic E-state index is -4.30. The summed E-state index contributed by atoms with van der Waals surface area (Å²) in [5, 5.41) is 0. The normalized spacial score (nSPS) is 15.1. The van der Waals surface area contributed by atoms with Crippen molar-refractivity contribution < 1.29 is 17.7 Å². The summed E-state index contributed by atoms with van der Waals surface area (Å²) in [6, 6.07) is 4.86. The van der Waals surface area contributed by atoms with Gasteiger partial charge < -0.3 is 4.55 Å². The summed E-state index contributed by atoms with van der Waals surface area (Å²) in [6.45, 7) is 5.13. The number of hydrogen-bond donors (Lipinski definition) is 0. The van der Waals surface area contributed by atoms with Gasteiger partial charge in [0.15, 0.2) is 0 Å². The molecule has 8 heteroatoms. The van der Waals surface area contributed by atoms with Crippen LogP contribution in [-0.2, 0) is 11.4 Å². The number of aromatic nitrogens is 1. The van der Waals surface area contributed by atoms with E-state index in [4.69, 9.17) is 0 Å². The Morgan fingerprint density at radius 3 is 2.43 bits per heavy atom. The summed E-state index contributed by atoms with van der Waals surface area (Å²) in [5.74, 6) is 0. The molecule has 3 nitrogen and oxygen atoms in total. The zero-order valence-electron chi connectivity index (χ0n) is 11.9. The van der Waals surface area contributed by atoms with E-state index in [1.165, 1.54) is 0 Å². The fourth-order valence-corrected chi connectivity index (χ4v) is 2.29. The van der Waals surface area contributed by atoms with E-state index in [0.29, 0.717) is 10.3 Å².